The first-order valence-electron chi connectivity index (χ1n) is 4.85. The fourth-order valence-electron chi connectivity index (χ4n) is 1.59. The SMILES string of the molecule is IC1CNCC(c2ccccn2)NC1. The smallest absolute Gasteiger partial charge is 0.0622 e. The molecule has 0 radical (unpaired) electrons. The molecule has 76 valence electrons. The number of rotatable bonds is 1. The van der Waals surface area contributed by atoms with Crippen molar-refractivity contribution < 1.29 is 0 Å². The molecule has 2 unspecified atom stereocenters. The van der Waals surface area contributed by atoms with E-state index in [-0.39, 0.29) is 0 Å². The van der Waals surface area contributed by atoms with Crippen LogP contribution in [-0.4, -0.2) is 28.5 Å². The lowest BCUT2D eigenvalue weighted by molar-refractivity contribution is 0.541. The Hall–Kier alpha value is -0.200. The van der Waals surface area contributed by atoms with Crippen LogP contribution >= 0.6 is 22.6 Å². The van der Waals surface area contributed by atoms with Gasteiger partial charge < -0.3 is 10.6 Å². The van der Waals surface area contributed by atoms with E-state index in [9.17, 15) is 0 Å². The first kappa shape index (κ1) is 10.3. The number of pyridine rings is 1. The Morgan fingerprint density at radius 1 is 1.29 bits per heavy atom. The van der Waals surface area contributed by atoms with Crippen molar-refractivity contribution in [3.63, 3.8) is 0 Å². The third-order valence-electron chi connectivity index (χ3n) is 2.34. The molecule has 1 aliphatic rings. The van der Waals surface area contributed by atoms with E-state index in [1.165, 1.54) is 0 Å². The highest BCUT2D eigenvalue weighted by molar-refractivity contribution is 14.1. The van der Waals surface area contributed by atoms with Crippen LogP contribution in [-0.2, 0) is 0 Å². The Kier molecular flexibility index (Phi) is 3.72. The maximum atomic E-state index is 4.36. The number of alkyl halides is 1. The Labute approximate surface area is 97.8 Å². The first-order chi connectivity index (χ1) is 6.86. The van der Waals surface area contributed by atoms with E-state index in [4.69, 9.17) is 0 Å². The highest BCUT2D eigenvalue weighted by atomic mass is 127. The van der Waals surface area contributed by atoms with Crippen molar-refractivity contribution in [2.75, 3.05) is 19.6 Å². The number of hydrogen-bond donors (Lipinski definition) is 2. The van der Waals surface area contributed by atoms with E-state index < -0.39 is 0 Å². The summed E-state index contributed by atoms with van der Waals surface area (Å²) in [7, 11) is 0. The second-order valence-electron chi connectivity index (χ2n) is 3.47. The number of hydrogen-bond acceptors (Lipinski definition) is 3. The van der Waals surface area contributed by atoms with Gasteiger partial charge >= 0.3 is 0 Å². The van der Waals surface area contributed by atoms with Gasteiger partial charge in [0.25, 0.3) is 0 Å². The second-order valence-corrected chi connectivity index (χ2v) is 5.23. The van der Waals surface area contributed by atoms with Crippen LogP contribution in [0.25, 0.3) is 0 Å². The van der Waals surface area contributed by atoms with Crippen LogP contribution in [0.15, 0.2) is 24.4 Å². The molecule has 1 saturated heterocycles. The zero-order valence-electron chi connectivity index (χ0n) is 7.91. The van der Waals surface area contributed by atoms with E-state index in [0.717, 1.165) is 25.3 Å². The molecular weight excluding hydrogens is 289 g/mol. The molecule has 14 heavy (non-hydrogen) atoms. The highest BCUT2D eigenvalue weighted by Gasteiger charge is 2.17. The fourth-order valence-corrected chi connectivity index (χ4v) is 2.16. The number of halogens is 1. The summed E-state index contributed by atoms with van der Waals surface area (Å²) in [6.45, 7) is 3.10. The van der Waals surface area contributed by atoms with Crippen molar-refractivity contribution in [3.8, 4) is 0 Å². The summed E-state index contributed by atoms with van der Waals surface area (Å²) >= 11 is 2.47. The van der Waals surface area contributed by atoms with Gasteiger partial charge in [0.1, 0.15) is 0 Å². The molecule has 3 nitrogen and oxygen atoms in total. The quantitative estimate of drug-likeness (QED) is 0.603. The average molecular weight is 303 g/mol. The lowest BCUT2D eigenvalue weighted by Crippen LogP contribution is -2.28. The number of nitrogens with zero attached hydrogens (tertiary/aromatic N) is 1. The lowest BCUT2D eigenvalue weighted by Gasteiger charge is -2.14. The minimum atomic E-state index is 0.357. The molecule has 4 heteroatoms. The number of aromatic nitrogens is 1. The molecular formula is C10H14IN3. The van der Waals surface area contributed by atoms with Crippen molar-refractivity contribution in [1.29, 1.82) is 0 Å². The van der Waals surface area contributed by atoms with E-state index >= 15 is 0 Å². The minimum Gasteiger partial charge on any atom is -0.314 e. The predicted molar refractivity (Wildman–Crippen MR) is 65.7 cm³/mol. The molecule has 0 aromatic carbocycles. The largest absolute Gasteiger partial charge is 0.314 e. The molecule has 0 bridgehead atoms. The molecule has 1 aromatic heterocycles. The molecule has 0 spiro atoms. The minimum absolute atomic E-state index is 0.357. The van der Waals surface area contributed by atoms with Gasteiger partial charge in [0.15, 0.2) is 0 Å². The van der Waals surface area contributed by atoms with Crippen LogP contribution in [0.2, 0.25) is 0 Å². The summed E-state index contributed by atoms with van der Waals surface area (Å²) in [4.78, 5) is 4.36. The zero-order chi connectivity index (χ0) is 9.80. The molecule has 2 N–H and O–H groups in total. The second kappa shape index (κ2) is 5.04. The topological polar surface area (TPSA) is 37.0 Å². The summed E-state index contributed by atoms with van der Waals surface area (Å²) in [5, 5.41) is 6.95. The normalized spacial score (nSPS) is 28.4. The van der Waals surface area contributed by atoms with Crippen LogP contribution in [0.4, 0.5) is 0 Å². The van der Waals surface area contributed by atoms with Gasteiger partial charge in [-0.1, -0.05) is 28.7 Å². The molecule has 2 heterocycles. The average Bonchev–Trinajstić information content (AvgIpc) is 2.44. The van der Waals surface area contributed by atoms with Gasteiger partial charge in [-0.15, -0.1) is 0 Å². The molecule has 0 aliphatic carbocycles. The molecule has 0 saturated carbocycles. The Bertz CT molecular complexity index is 278. The van der Waals surface area contributed by atoms with Crippen molar-refractivity contribution in [3.05, 3.63) is 30.1 Å². The van der Waals surface area contributed by atoms with Gasteiger partial charge in [-0.25, -0.2) is 0 Å². The maximum absolute atomic E-state index is 4.36. The van der Waals surface area contributed by atoms with E-state index in [1.54, 1.807) is 0 Å². The molecule has 1 aliphatic heterocycles. The summed E-state index contributed by atoms with van der Waals surface area (Å²) in [5.74, 6) is 0. The van der Waals surface area contributed by atoms with Crippen LogP contribution in [0.3, 0.4) is 0 Å². The van der Waals surface area contributed by atoms with Crippen LogP contribution in [0.5, 0.6) is 0 Å². The summed E-state index contributed by atoms with van der Waals surface area (Å²) in [5.41, 5.74) is 1.13. The van der Waals surface area contributed by atoms with Crippen LogP contribution < -0.4 is 10.6 Å². The van der Waals surface area contributed by atoms with Gasteiger partial charge in [0, 0.05) is 29.8 Å². The van der Waals surface area contributed by atoms with Crippen molar-refractivity contribution >= 4 is 22.6 Å². The Morgan fingerprint density at radius 2 is 2.21 bits per heavy atom. The van der Waals surface area contributed by atoms with Crippen LogP contribution in [0.1, 0.15) is 11.7 Å². The van der Waals surface area contributed by atoms with Crippen molar-refractivity contribution in [2.45, 2.75) is 9.97 Å². The predicted octanol–water partition coefficient (Wildman–Crippen LogP) is 1.12. The van der Waals surface area contributed by atoms with E-state index in [2.05, 4.69) is 44.3 Å². The van der Waals surface area contributed by atoms with Gasteiger partial charge in [-0.3, -0.25) is 4.98 Å². The molecule has 1 fully saturated rings. The molecule has 2 rings (SSSR count). The zero-order valence-corrected chi connectivity index (χ0v) is 10.1. The molecule has 2 atom stereocenters. The fraction of sp³-hybridized carbons (Fsp3) is 0.500. The summed E-state index contributed by atoms with van der Waals surface area (Å²) in [6.07, 6.45) is 1.85. The van der Waals surface area contributed by atoms with Gasteiger partial charge in [0.2, 0.25) is 0 Å². The summed E-state index contributed by atoms with van der Waals surface area (Å²) in [6, 6.07) is 6.42. The highest BCUT2D eigenvalue weighted by Crippen LogP contribution is 2.12. The van der Waals surface area contributed by atoms with Crippen molar-refractivity contribution in [2.24, 2.45) is 0 Å². The third kappa shape index (κ3) is 2.65. The maximum Gasteiger partial charge on any atom is 0.0622 e. The Morgan fingerprint density at radius 3 is 3.00 bits per heavy atom. The standard InChI is InChI=1S/C10H14IN3/c11-8-5-12-7-10(14-6-8)9-3-1-2-4-13-9/h1-4,8,10,12,14H,5-7H2. The van der Waals surface area contributed by atoms with Gasteiger partial charge in [-0.2, -0.15) is 0 Å². The van der Waals surface area contributed by atoms with Crippen molar-refractivity contribution in [1.82, 2.24) is 15.6 Å². The molecule has 0 amide bonds. The first-order valence-corrected chi connectivity index (χ1v) is 6.10. The number of nitrogens with one attached hydrogen (secondary N) is 2. The van der Waals surface area contributed by atoms with Gasteiger partial charge in [0.05, 0.1) is 11.7 Å². The molecule has 1 aromatic rings. The summed E-state index contributed by atoms with van der Waals surface area (Å²) < 4.78 is 0.668. The van der Waals surface area contributed by atoms with E-state index in [0.29, 0.717) is 9.97 Å². The van der Waals surface area contributed by atoms with E-state index in [1.807, 2.05) is 18.3 Å². The monoisotopic (exact) mass is 303 g/mol. The Balaban J connectivity index is 2.04. The van der Waals surface area contributed by atoms with Gasteiger partial charge in [-0.05, 0) is 12.1 Å². The lowest BCUT2D eigenvalue weighted by atomic mass is 10.2. The third-order valence-corrected chi connectivity index (χ3v) is 3.23. The van der Waals surface area contributed by atoms with Crippen LogP contribution in [0, 0.1) is 0 Å².